The summed E-state index contributed by atoms with van der Waals surface area (Å²) in [5.41, 5.74) is 0. The zero-order valence-corrected chi connectivity index (χ0v) is 20.8. The topological polar surface area (TPSA) is 63.6 Å². The fraction of sp³-hybridized carbons (Fsp3) is 0.926. The summed E-state index contributed by atoms with van der Waals surface area (Å²) in [5, 5.41) is 8.71. The molecule has 0 aromatic rings. The molecule has 0 aliphatic heterocycles. The van der Waals surface area contributed by atoms with Crippen molar-refractivity contribution in [3.8, 4) is 0 Å². The Morgan fingerprint density at radius 1 is 0.581 bits per heavy atom. The van der Waals surface area contributed by atoms with Gasteiger partial charge < -0.3 is 9.84 Å². The van der Waals surface area contributed by atoms with Crippen molar-refractivity contribution < 1.29 is 19.4 Å². The molecular weight excluding hydrogens is 388 g/mol. The fourth-order valence-electron chi connectivity index (χ4n) is 4.06. The van der Waals surface area contributed by atoms with Gasteiger partial charge >= 0.3 is 11.9 Å². The third kappa shape index (κ3) is 23.4. The molecule has 0 amide bonds. The molecule has 0 radical (unpaired) electrons. The first-order chi connectivity index (χ1) is 15.1. The third-order valence-corrected chi connectivity index (χ3v) is 6.08. The van der Waals surface area contributed by atoms with Crippen molar-refractivity contribution in [2.75, 3.05) is 0 Å². The fourth-order valence-corrected chi connectivity index (χ4v) is 4.06. The van der Waals surface area contributed by atoms with Gasteiger partial charge in [0.2, 0.25) is 0 Å². The number of carboxylic acid groups (broad SMARTS) is 1. The van der Waals surface area contributed by atoms with Gasteiger partial charge in [-0.05, 0) is 38.5 Å². The number of carboxylic acids is 1. The second kappa shape index (κ2) is 23.6. The van der Waals surface area contributed by atoms with Crippen LogP contribution in [0.5, 0.6) is 0 Å². The molecule has 31 heavy (non-hydrogen) atoms. The Hall–Kier alpha value is -1.06. The third-order valence-electron chi connectivity index (χ3n) is 6.08. The van der Waals surface area contributed by atoms with E-state index in [1.165, 1.54) is 89.9 Å². The minimum atomic E-state index is -0.796. The molecule has 0 rings (SSSR count). The van der Waals surface area contributed by atoms with Crippen LogP contribution in [0, 0.1) is 0 Å². The number of esters is 1. The van der Waals surface area contributed by atoms with Crippen molar-refractivity contribution in [2.24, 2.45) is 0 Å². The van der Waals surface area contributed by atoms with Crippen LogP contribution in [-0.2, 0) is 14.3 Å². The van der Waals surface area contributed by atoms with E-state index in [0.29, 0.717) is 19.3 Å². The lowest BCUT2D eigenvalue weighted by Crippen LogP contribution is -2.18. The highest BCUT2D eigenvalue weighted by Gasteiger charge is 2.14. The average Bonchev–Trinajstić information content (AvgIpc) is 2.74. The molecule has 0 atom stereocenters. The number of unbranched alkanes of at least 4 members (excludes halogenated alkanes) is 15. The minimum Gasteiger partial charge on any atom is -0.481 e. The molecule has 0 unspecified atom stereocenters. The maximum absolute atomic E-state index is 12.2. The summed E-state index contributed by atoms with van der Waals surface area (Å²) in [4.78, 5) is 22.8. The van der Waals surface area contributed by atoms with Gasteiger partial charge in [-0.25, -0.2) is 0 Å². The SMILES string of the molecule is CCCCCCCCCCC(CCCCCCCCCC)OC(=O)CCCCC(=O)O. The average molecular weight is 441 g/mol. The number of hydrogen-bond acceptors (Lipinski definition) is 3. The zero-order chi connectivity index (χ0) is 23.0. The highest BCUT2D eigenvalue weighted by atomic mass is 16.5. The Labute approximate surface area is 192 Å². The quantitative estimate of drug-likeness (QED) is 0.120. The van der Waals surface area contributed by atoms with Gasteiger partial charge in [-0.15, -0.1) is 0 Å². The maximum atomic E-state index is 12.2. The van der Waals surface area contributed by atoms with Crippen LogP contribution in [0.15, 0.2) is 0 Å². The number of rotatable bonds is 24. The van der Waals surface area contributed by atoms with Crippen LogP contribution < -0.4 is 0 Å². The van der Waals surface area contributed by atoms with E-state index < -0.39 is 5.97 Å². The summed E-state index contributed by atoms with van der Waals surface area (Å²) in [5.74, 6) is -0.940. The summed E-state index contributed by atoms with van der Waals surface area (Å²) in [6.07, 6.45) is 24.3. The van der Waals surface area contributed by atoms with Gasteiger partial charge in [-0.2, -0.15) is 0 Å². The van der Waals surface area contributed by atoms with E-state index in [1.807, 2.05) is 0 Å². The molecule has 0 aliphatic rings. The van der Waals surface area contributed by atoms with Gasteiger partial charge in [-0.3, -0.25) is 9.59 Å². The van der Waals surface area contributed by atoms with Gasteiger partial charge in [0.1, 0.15) is 6.10 Å². The molecule has 0 aromatic heterocycles. The van der Waals surface area contributed by atoms with Gasteiger partial charge in [0.05, 0.1) is 0 Å². The Balaban J connectivity index is 4.05. The van der Waals surface area contributed by atoms with E-state index >= 15 is 0 Å². The molecule has 0 saturated carbocycles. The van der Waals surface area contributed by atoms with Crippen molar-refractivity contribution in [1.82, 2.24) is 0 Å². The molecule has 0 fully saturated rings. The number of ether oxygens (including phenoxy) is 1. The van der Waals surface area contributed by atoms with E-state index in [0.717, 1.165) is 25.7 Å². The lowest BCUT2D eigenvalue weighted by atomic mass is 10.0. The van der Waals surface area contributed by atoms with Crippen LogP contribution in [0.25, 0.3) is 0 Å². The summed E-state index contributed by atoms with van der Waals surface area (Å²) in [7, 11) is 0. The molecule has 4 heteroatoms. The minimum absolute atomic E-state index is 0.0483. The molecule has 0 aromatic carbocycles. The first kappa shape index (κ1) is 29.9. The largest absolute Gasteiger partial charge is 0.481 e. The smallest absolute Gasteiger partial charge is 0.306 e. The van der Waals surface area contributed by atoms with E-state index in [1.54, 1.807) is 0 Å². The highest BCUT2D eigenvalue weighted by molar-refractivity contribution is 5.70. The maximum Gasteiger partial charge on any atom is 0.306 e. The lowest BCUT2D eigenvalue weighted by Gasteiger charge is -2.18. The number of carbonyl (C=O) groups is 2. The Kier molecular flexibility index (Phi) is 22.8. The van der Waals surface area contributed by atoms with Gasteiger partial charge in [0.15, 0.2) is 0 Å². The number of hydrogen-bond donors (Lipinski definition) is 1. The molecule has 4 nitrogen and oxygen atoms in total. The summed E-state index contributed by atoms with van der Waals surface area (Å²) < 4.78 is 5.79. The molecule has 184 valence electrons. The van der Waals surface area contributed by atoms with Crippen LogP contribution in [0.4, 0.5) is 0 Å². The van der Waals surface area contributed by atoms with E-state index in [4.69, 9.17) is 9.84 Å². The Bertz CT molecular complexity index is 388. The van der Waals surface area contributed by atoms with Crippen LogP contribution in [0.1, 0.15) is 155 Å². The predicted molar refractivity (Wildman–Crippen MR) is 130 cm³/mol. The first-order valence-corrected chi connectivity index (χ1v) is 13.5. The second-order valence-corrected chi connectivity index (χ2v) is 9.24. The Morgan fingerprint density at radius 2 is 0.968 bits per heavy atom. The normalized spacial score (nSPS) is 11.2. The summed E-state index contributed by atoms with van der Waals surface area (Å²) in [6, 6.07) is 0. The van der Waals surface area contributed by atoms with Crippen molar-refractivity contribution in [1.29, 1.82) is 0 Å². The van der Waals surface area contributed by atoms with Gasteiger partial charge in [-0.1, -0.05) is 104 Å². The van der Waals surface area contributed by atoms with Gasteiger partial charge in [0, 0.05) is 12.8 Å². The number of carbonyl (C=O) groups excluding carboxylic acids is 1. The van der Waals surface area contributed by atoms with Crippen molar-refractivity contribution in [2.45, 2.75) is 161 Å². The predicted octanol–water partition coefficient (Wildman–Crippen LogP) is 8.60. The van der Waals surface area contributed by atoms with Crippen molar-refractivity contribution in [3.63, 3.8) is 0 Å². The van der Waals surface area contributed by atoms with E-state index in [9.17, 15) is 9.59 Å². The zero-order valence-electron chi connectivity index (χ0n) is 20.8. The molecule has 0 saturated heterocycles. The standard InChI is InChI=1S/C27H52O4/c1-3-5-7-9-11-13-15-17-21-25(22-18-16-14-12-10-8-6-4-2)31-27(30)24-20-19-23-26(28)29/h25H,3-24H2,1-2H3,(H,28,29). The van der Waals surface area contributed by atoms with Crippen molar-refractivity contribution >= 4 is 11.9 Å². The molecular formula is C27H52O4. The summed E-state index contributed by atoms with van der Waals surface area (Å²) >= 11 is 0. The van der Waals surface area contributed by atoms with E-state index in [2.05, 4.69) is 13.8 Å². The number of aliphatic carboxylic acids is 1. The van der Waals surface area contributed by atoms with Crippen LogP contribution in [0.3, 0.4) is 0 Å². The van der Waals surface area contributed by atoms with Crippen LogP contribution >= 0.6 is 0 Å². The lowest BCUT2D eigenvalue weighted by molar-refractivity contribution is -0.150. The summed E-state index contributed by atoms with van der Waals surface area (Å²) in [6.45, 7) is 4.50. The van der Waals surface area contributed by atoms with Gasteiger partial charge in [0.25, 0.3) is 0 Å². The molecule has 0 aliphatic carbocycles. The highest BCUT2D eigenvalue weighted by Crippen LogP contribution is 2.18. The second-order valence-electron chi connectivity index (χ2n) is 9.24. The van der Waals surface area contributed by atoms with Crippen LogP contribution in [-0.4, -0.2) is 23.1 Å². The van der Waals surface area contributed by atoms with Crippen LogP contribution in [0.2, 0.25) is 0 Å². The molecule has 1 N–H and O–H groups in total. The molecule has 0 bridgehead atoms. The molecule has 0 heterocycles. The Morgan fingerprint density at radius 3 is 1.39 bits per heavy atom. The van der Waals surface area contributed by atoms with E-state index in [-0.39, 0.29) is 18.5 Å². The monoisotopic (exact) mass is 440 g/mol. The first-order valence-electron chi connectivity index (χ1n) is 13.5. The molecule has 0 spiro atoms. The van der Waals surface area contributed by atoms with Crippen molar-refractivity contribution in [3.05, 3.63) is 0 Å².